The van der Waals surface area contributed by atoms with Gasteiger partial charge in [-0.15, -0.1) is 0 Å². The Labute approximate surface area is 283 Å². The van der Waals surface area contributed by atoms with Crippen molar-refractivity contribution in [3.8, 4) is 11.4 Å². The van der Waals surface area contributed by atoms with Crippen LogP contribution in [0.3, 0.4) is 0 Å². The molecule has 2 N–H and O–H groups in total. The highest BCUT2D eigenvalue weighted by Gasteiger charge is 2.25. The van der Waals surface area contributed by atoms with Crippen LogP contribution >= 0.6 is 0 Å². The topological polar surface area (TPSA) is 97.1 Å². The Bertz CT molecular complexity index is 1880. The molecule has 9 nitrogen and oxygen atoms in total. The molecule has 0 aliphatic carbocycles. The van der Waals surface area contributed by atoms with Crippen LogP contribution < -0.4 is 10.6 Å². The Morgan fingerprint density at radius 1 is 0.833 bits per heavy atom. The van der Waals surface area contributed by atoms with Crippen molar-refractivity contribution < 1.29 is 9.59 Å². The molecule has 248 valence electrons. The zero-order chi connectivity index (χ0) is 33.8. The summed E-state index contributed by atoms with van der Waals surface area (Å²) >= 11 is 0. The van der Waals surface area contributed by atoms with E-state index in [4.69, 9.17) is 5.10 Å². The quantitative estimate of drug-likeness (QED) is 0.160. The number of aromatic nitrogens is 4. The molecule has 0 saturated carbocycles. The first-order valence-electron chi connectivity index (χ1n) is 16.7. The van der Waals surface area contributed by atoms with Gasteiger partial charge < -0.3 is 5.32 Å². The van der Waals surface area contributed by atoms with Crippen molar-refractivity contribution in [2.45, 2.75) is 59.3 Å². The number of para-hydroxylation sites is 2. The van der Waals surface area contributed by atoms with Gasteiger partial charge in [-0.25, -0.2) is 14.2 Å². The third-order valence-corrected chi connectivity index (χ3v) is 9.16. The molecule has 1 fully saturated rings. The number of aryl methyl sites for hydroxylation is 1. The second-order valence-corrected chi connectivity index (χ2v) is 13.9. The molecule has 3 aromatic carbocycles. The van der Waals surface area contributed by atoms with E-state index in [0.717, 1.165) is 71.9 Å². The SMILES string of the molecule is Cc1ccc(-n2nc(C(C)(C)C)cc2NC(=O)Nc2ccccc2CC2CCN(CC(=O)c3cnn(-c4ccccc4)c3C)CC2)cc1. The molecule has 48 heavy (non-hydrogen) atoms. The number of nitrogens with zero attached hydrogens (tertiary/aromatic N) is 5. The van der Waals surface area contributed by atoms with Crippen LogP contribution in [0.5, 0.6) is 0 Å². The summed E-state index contributed by atoms with van der Waals surface area (Å²) in [6.07, 6.45) is 4.52. The molecule has 1 saturated heterocycles. The number of Topliss-reactive ketones (excluding diaryl/α,β-unsaturated/α-hetero) is 1. The molecule has 0 radical (unpaired) electrons. The Hall–Kier alpha value is -5.02. The first kappa shape index (κ1) is 32.9. The Morgan fingerprint density at radius 3 is 2.21 bits per heavy atom. The fraction of sp³-hybridized carbons (Fsp3) is 0.333. The van der Waals surface area contributed by atoms with Crippen molar-refractivity contribution in [1.82, 2.24) is 24.5 Å². The summed E-state index contributed by atoms with van der Waals surface area (Å²) in [6, 6.07) is 27.6. The molecule has 0 bridgehead atoms. The molecule has 0 spiro atoms. The minimum Gasteiger partial charge on any atom is -0.307 e. The van der Waals surface area contributed by atoms with Crippen molar-refractivity contribution >= 4 is 23.3 Å². The van der Waals surface area contributed by atoms with Crippen LogP contribution in [-0.2, 0) is 11.8 Å². The van der Waals surface area contributed by atoms with Gasteiger partial charge in [0.15, 0.2) is 5.78 Å². The van der Waals surface area contributed by atoms with Crippen LogP contribution in [0.4, 0.5) is 16.3 Å². The highest BCUT2D eigenvalue weighted by Crippen LogP contribution is 2.29. The van der Waals surface area contributed by atoms with E-state index in [9.17, 15) is 9.59 Å². The summed E-state index contributed by atoms with van der Waals surface area (Å²) in [5.41, 5.74) is 7.16. The summed E-state index contributed by atoms with van der Waals surface area (Å²) in [5, 5.41) is 15.5. The van der Waals surface area contributed by atoms with E-state index in [-0.39, 0.29) is 17.2 Å². The number of benzene rings is 3. The molecule has 0 unspecified atom stereocenters. The van der Waals surface area contributed by atoms with Crippen LogP contribution in [0.25, 0.3) is 11.4 Å². The van der Waals surface area contributed by atoms with Crippen LogP contribution in [-0.4, -0.2) is 55.9 Å². The van der Waals surface area contributed by atoms with E-state index in [1.165, 1.54) is 0 Å². The average molecular weight is 644 g/mol. The molecular formula is C39H45N7O2. The number of anilines is 2. The summed E-state index contributed by atoms with van der Waals surface area (Å²) in [6.45, 7) is 12.4. The first-order chi connectivity index (χ1) is 23.0. The molecule has 6 rings (SSSR count). The predicted octanol–water partition coefficient (Wildman–Crippen LogP) is 7.75. The van der Waals surface area contributed by atoms with E-state index in [0.29, 0.717) is 23.8 Å². The number of ketones is 1. The molecule has 2 amide bonds. The number of urea groups is 1. The van der Waals surface area contributed by atoms with Crippen LogP contribution in [0, 0.1) is 19.8 Å². The van der Waals surface area contributed by atoms with E-state index >= 15 is 0 Å². The van der Waals surface area contributed by atoms with Gasteiger partial charge in [0, 0.05) is 17.2 Å². The number of likely N-dealkylation sites (tertiary alicyclic amines) is 1. The normalized spacial score (nSPS) is 14.2. The van der Waals surface area contributed by atoms with Crippen molar-refractivity contribution in [3.63, 3.8) is 0 Å². The maximum absolute atomic E-state index is 13.4. The Balaban J connectivity index is 1.06. The van der Waals surface area contributed by atoms with Crippen LogP contribution in [0.2, 0.25) is 0 Å². The molecule has 0 atom stereocenters. The minimum atomic E-state index is -0.310. The predicted molar refractivity (Wildman–Crippen MR) is 192 cm³/mol. The maximum atomic E-state index is 13.4. The second kappa shape index (κ2) is 14.0. The summed E-state index contributed by atoms with van der Waals surface area (Å²) < 4.78 is 3.62. The van der Waals surface area contributed by atoms with Gasteiger partial charge in [-0.2, -0.15) is 10.2 Å². The average Bonchev–Trinajstić information content (AvgIpc) is 3.67. The van der Waals surface area contributed by atoms with Crippen LogP contribution in [0.1, 0.15) is 66.5 Å². The number of nitrogens with one attached hydrogen (secondary N) is 2. The van der Waals surface area contributed by atoms with Crippen molar-refractivity contribution in [2.75, 3.05) is 30.3 Å². The number of carbonyl (C=O) groups excluding carboxylic acids is 2. The van der Waals surface area contributed by atoms with Crippen LogP contribution in [0.15, 0.2) is 91.1 Å². The van der Waals surface area contributed by atoms with E-state index < -0.39 is 0 Å². The molecule has 9 heteroatoms. The monoisotopic (exact) mass is 643 g/mol. The molecule has 3 heterocycles. The molecular weight excluding hydrogens is 598 g/mol. The van der Waals surface area contributed by atoms with Gasteiger partial charge in [-0.3, -0.25) is 15.0 Å². The summed E-state index contributed by atoms with van der Waals surface area (Å²) in [7, 11) is 0. The fourth-order valence-electron chi connectivity index (χ4n) is 6.27. The Morgan fingerprint density at radius 2 is 1.50 bits per heavy atom. The van der Waals surface area contributed by atoms with Gasteiger partial charge in [0.1, 0.15) is 5.82 Å². The fourth-order valence-corrected chi connectivity index (χ4v) is 6.27. The van der Waals surface area contributed by atoms with E-state index in [2.05, 4.69) is 47.5 Å². The molecule has 2 aromatic heterocycles. The third-order valence-electron chi connectivity index (χ3n) is 9.16. The molecule has 1 aliphatic heterocycles. The van der Waals surface area contributed by atoms with Gasteiger partial charge in [0.2, 0.25) is 0 Å². The lowest BCUT2D eigenvalue weighted by molar-refractivity contribution is 0.0895. The summed E-state index contributed by atoms with van der Waals surface area (Å²) in [4.78, 5) is 28.9. The van der Waals surface area contributed by atoms with Gasteiger partial charge in [0.05, 0.1) is 41.1 Å². The second-order valence-electron chi connectivity index (χ2n) is 13.9. The molecule has 1 aliphatic rings. The smallest absolute Gasteiger partial charge is 0.307 e. The standard InChI is InChI=1S/C39H45N7O2/c1-27-15-17-32(18-16-27)46-37(24-36(43-46)39(3,4)5)42-38(48)41-34-14-10-9-11-30(34)23-29-19-21-44(22-20-29)26-35(47)33-25-40-45(28(33)2)31-12-7-6-8-13-31/h6-18,24-25,29H,19-23,26H2,1-5H3,(H2,41,42,48). The maximum Gasteiger partial charge on any atom is 0.324 e. The summed E-state index contributed by atoms with van der Waals surface area (Å²) in [5.74, 6) is 1.18. The lowest BCUT2D eigenvalue weighted by atomic mass is 9.89. The van der Waals surface area contributed by atoms with E-state index in [1.807, 2.05) is 97.4 Å². The number of rotatable bonds is 9. The van der Waals surface area contributed by atoms with Crippen molar-refractivity contribution in [1.29, 1.82) is 0 Å². The number of carbonyl (C=O) groups is 2. The molecule has 5 aromatic rings. The van der Waals surface area contributed by atoms with E-state index in [1.54, 1.807) is 10.9 Å². The number of hydrogen-bond donors (Lipinski definition) is 2. The number of amides is 2. The highest BCUT2D eigenvalue weighted by molar-refractivity contribution is 6.00. The van der Waals surface area contributed by atoms with Crippen molar-refractivity contribution in [3.05, 3.63) is 119 Å². The number of piperidine rings is 1. The van der Waals surface area contributed by atoms with Crippen molar-refractivity contribution in [2.24, 2.45) is 5.92 Å². The van der Waals surface area contributed by atoms with Gasteiger partial charge >= 0.3 is 6.03 Å². The zero-order valence-corrected chi connectivity index (χ0v) is 28.5. The lowest BCUT2D eigenvalue weighted by Crippen LogP contribution is -2.38. The minimum absolute atomic E-state index is 0.104. The zero-order valence-electron chi connectivity index (χ0n) is 28.5. The highest BCUT2D eigenvalue weighted by atomic mass is 16.2. The Kier molecular flexibility index (Phi) is 9.59. The largest absolute Gasteiger partial charge is 0.324 e. The first-order valence-corrected chi connectivity index (χ1v) is 16.7. The van der Waals surface area contributed by atoms with Gasteiger partial charge in [-0.1, -0.05) is 74.9 Å². The van der Waals surface area contributed by atoms with Gasteiger partial charge in [-0.05, 0) is 88.0 Å². The third kappa shape index (κ3) is 7.58. The van der Waals surface area contributed by atoms with Gasteiger partial charge in [0.25, 0.3) is 0 Å². The lowest BCUT2D eigenvalue weighted by Gasteiger charge is -2.31. The number of hydrogen-bond acceptors (Lipinski definition) is 5.